The van der Waals surface area contributed by atoms with Gasteiger partial charge in [-0.15, -0.1) is 0 Å². The maximum absolute atomic E-state index is 15.2. The van der Waals surface area contributed by atoms with Crippen molar-refractivity contribution in [3.63, 3.8) is 0 Å². The van der Waals surface area contributed by atoms with Gasteiger partial charge in [-0.3, -0.25) is 0 Å². The normalized spacial score (nSPS) is 18.0. The average Bonchev–Trinajstić information content (AvgIpc) is 2.89. The topological polar surface area (TPSA) is 27.7 Å². The van der Waals surface area contributed by atoms with Crippen LogP contribution in [0.2, 0.25) is 0 Å². The molecule has 0 aromatic heterocycles. The summed E-state index contributed by atoms with van der Waals surface area (Å²) >= 11 is 0. The van der Waals surface area contributed by atoms with E-state index in [4.69, 9.17) is 9.47 Å². The molecule has 0 saturated carbocycles. The van der Waals surface area contributed by atoms with E-state index < -0.39 is 18.2 Å². The maximum Gasteiger partial charge on any atom is 0.387 e. The quantitative estimate of drug-likeness (QED) is 0.180. The highest BCUT2D eigenvalue weighted by Gasteiger charge is 2.22. The fourth-order valence-electron chi connectivity index (χ4n) is 4.79. The molecule has 3 nitrogen and oxygen atoms in total. The van der Waals surface area contributed by atoms with Crippen molar-refractivity contribution in [2.45, 2.75) is 71.2 Å². The predicted octanol–water partition coefficient (Wildman–Crippen LogP) is 8.01. The molecule has 0 aliphatic carbocycles. The van der Waals surface area contributed by atoms with Crippen molar-refractivity contribution in [2.75, 3.05) is 13.2 Å². The molecule has 4 rings (SSSR count). The molecule has 3 aromatic rings. The molecule has 1 aliphatic heterocycles. The fourth-order valence-corrected chi connectivity index (χ4v) is 4.79. The minimum absolute atomic E-state index is 0.196. The van der Waals surface area contributed by atoms with Crippen LogP contribution in [0.5, 0.6) is 5.75 Å². The molecule has 0 N–H and O–H groups in total. The van der Waals surface area contributed by atoms with E-state index in [9.17, 15) is 13.2 Å². The van der Waals surface area contributed by atoms with Crippen molar-refractivity contribution in [3.05, 3.63) is 76.9 Å². The van der Waals surface area contributed by atoms with Crippen LogP contribution < -0.4 is 4.74 Å². The third kappa shape index (κ3) is 7.68. The monoisotopic (exact) mass is 518 g/mol. The molecule has 37 heavy (non-hydrogen) atoms. The highest BCUT2D eigenvalue weighted by molar-refractivity contribution is 5.84. The molecule has 7 heteroatoms. The van der Waals surface area contributed by atoms with E-state index >= 15 is 4.39 Å². The lowest BCUT2D eigenvalue weighted by molar-refractivity contribution is -0.203. The molecule has 0 radical (unpaired) electrons. The number of rotatable bonds is 12. The Labute approximate surface area is 215 Å². The number of fused-ring (bicyclic) bond motifs is 1. The predicted molar refractivity (Wildman–Crippen MR) is 136 cm³/mol. The zero-order chi connectivity index (χ0) is 26.2. The summed E-state index contributed by atoms with van der Waals surface area (Å²) in [7, 11) is 0. The van der Waals surface area contributed by atoms with Gasteiger partial charge in [0.15, 0.2) is 17.9 Å². The minimum atomic E-state index is -3.09. The van der Waals surface area contributed by atoms with Crippen molar-refractivity contribution < 1.29 is 31.8 Å². The van der Waals surface area contributed by atoms with Gasteiger partial charge in [0, 0.05) is 17.7 Å². The van der Waals surface area contributed by atoms with Crippen molar-refractivity contribution in [1.82, 2.24) is 0 Å². The van der Waals surface area contributed by atoms with Crippen LogP contribution in [-0.4, -0.2) is 26.1 Å². The summed E-state index contributed by atoms with van der Waals surface area (Å²) < 4.78 is 69.7. The zero-order valence-corrected chi connectivity index (χ0v) is 21.2. The zero-order valence-electron chi connectivity index (χ0n) is 21.2. The third-order valence-electron chi connectivity index (χ3n) is 6.91. The second-order valence-electron chi connectivity index (χ2n) is 9.73. The molecular weight excluding hydrogens is 484 g/mol. The molecule has 0 unspecified atom stereocenters. The summed E-state index contributed by atoms with van der Waals surface area (Å²) in [5.41, 5.74) is 2.19. The summed E-state index contributed by atoms with van der Waals surface area (Å²) in [6.45, 7) is 0.615. The number of hydrogen-bond donors (Lipinski definition) is 0. The SMILES string of the molecule is CCCCCC1COC(CCc2ccc3c(F)c(CCc4ccc(OC(F)F)c(F)c4)ccc3c2)OC1. The van der Waals surface area contributed by atoms with E-state index in [0.717, 1.165) is 49.5 Å². The second-order valence-corrected chi connectivity index (χ2v) is 9.73. The van der Waals surface area contributed by atoms with E-state index in [1.807, 2.05) is 18.2 Å². The molecule has 1 heterocycles. The summed E-state index contributed by atoms with van der Waals surface area (Å²) in [6.07, 6.45) is 6.90. The van der Waals surface area contributed by atoms with Gasteiger partial charge in [-0.25, -0.2) is 8.78 Å². The van der Waals surface area contributed by atoms with Crippen LogP contribution in [0.25, 0.3) is 10.8 Å². The third-order valence-corrected chi connectivity index (χ3v) is 6.91. The van der Waals surface area contributed by atoms with Crippen molar-refractivity contribution >= 4 is 10.8 Å². The molecule has 0 bridgehead atoms. The Morgan fingerprint density at radius 2 is 1.62 bits per heavy atom. The summed E-state index contributed by atoms with van der Waals surface area (Å²) in [6, 6.07) is 13.2. The van der Waals surface area contributed by atoms with E-state index in [1.165, 1.54) is 31.4 Å². The summed E-state index contributed by atoms with van der Waals surface area (Å²) in [4.78, 5) is 0. The van der Waals surface area contributed by atoms with Gasteiger partial charge in [0.05, 0.1) is 13.2 Å². The van der Waals surface area contributed by atoms with Crippen LogP contribution in [0.3, 0.4) is 0 Å². The van der Waals surface area contributed by atoms with Gasteiger partial charge in [0.2, 0.25) is 0 Å². The van der Waals surface area contributed by atoms with Gasteiger partial charge >= 0.3 is 6.61 Å². The Balaban J connectivity index is 1.31. The number of ether oxygens (including phenoxy) is 3. The fraction of sp³-hybridized carbons (Fsp3) is 0.467. The molecule has 200 valence electrons. The molecule has 1 saturated heterocycles. The largest absolute Gasteiger partial charge is 0.432 e. The van der Waals surface area contributed by atoms with Crippen molar-refractivity contribution in [1.29, 1.82) is 0 Å². The van der Waals surface area contributed by atoms with Crippen molar-refractivity contribution in [3.8, 4) is 5.75 Å². The average molecular weight is 519 g/mol. The summed E-state index contributed by atoms with van der Waals surface area (Å²) in [5.74, 6) is -1.17. The van der Waals surface area contributed by atoms with Gasteiger partial charge in [0.25, 0.3) is 0 Å². The maximum atomic E-state index is 15.2. The van der Waals surface area contributed by atoms with Gasteiger partial charge in [0.1, 0.15) is 5.82 Å². The van der Waals surface area contributed by atoms with Crippen molar-refractivity contribution in [2.24, 2.45) is 5.92 Å². The highest BCUT2D eigenvalue weighted by atomic mass is 19.3. The first-order valence-electron chi connectivity index (χ1n) is 13.1. The number of hydrogen-bond acceptors (Lipinski definition) is 3. The van der Waals surface area contributed by atoms with Crippen LogP contribution in [-0.2, 0) is 28.7 Å². The molecule has 3 aromatic carbocycles. The first-order valence-corrected chi connectivity index (χ1v) is 13.1. The number of benzene rings is 3. The molecule has 1 aliphatic rings. The van der Waals surface area contributed by atoms with Crippen LogP contribution in [0.4, 0.5) is 17.6 Å². The number of halogens is 4. The molecule has 0 amide bonds. The first-order chi connectivity index (χ1) is 17.9. The van der Waals surface area contributed by atoms with E-state index in [1.54, 1.807) is 12.1 Å². The lowest BCUT2D eigenvalue weighted by atomic mass is 9.98. The second kappa shape index (κ2) is 13.2. The Kier molecular flexibility index (Phi) is 9.81. The highest BCUT2D eigenvalue weighted by Crippen LogP contribution is 2.26. The number of unbranched alkanes of at least 4 members (excludes halogenated alkanes) is 2. The number of alkyl halides is 2. The van der Waals surface area contributed by atoms with Crippen LogP contribution in [0.15, 0.2) is 48.5 Å². The summed E-state index contributed by atoms with van der Waals surface area (Å²) in [5, 5.41) is 1.35. The van der Waals surface area contributed by atoms with Gasteiger partial charge in [-0.2, -0.15) is 8.78 Å². The van der Waals surface area contributed by atoms with Crippen LogP contribution in [0.1, 0.15) is 55.7 Å². The molecule has 0 spiro atoms. The smallest absolute Gasteiger partial charge is 0.387 e. The first kappa shape index (κ1) is 27.4. The molecular formula is C30H34F4O3. The lowest BCUT2D eigenvalue weighted by Gasteiger charge is -2.29. The van der Waals surface area contributed by atoms with Crippen LogP contribution >= 0.6 is 0 Å². The van der Waals surface area contributed by atoms with Gasteiger partial charge < -0.3 is 14.2 Å². The molecule has 1 fully saturated rings. The van der Waals surface area contributed by atoms with E-state index in [-0.39, 0.29) is 12.1 Å². The van der Waals surface area contributed by atoms with E-state index in [2.05, 4.69) is 11.7 Å². The molecule has 0 atom stereocenters. The Morgan fingerprint density at radius 3 is 2.35 bits per heavy atom. The standard InChI is InChI=1S/C30H34F4O3/c1-2-3-4-5-22-18-35-28(36-19-22)15-9-20-7-13-25-24(16-20)12-11-23(29(25)32)10-6-21-8-14-27(26(31)17-21)37-30(33)34/h7-8,11-14,16-17,22,28,30H,2-6,9-10,15,18-19H2,1H3. The van der Waals surface area contributed by atoms with E-state index in [0.29, 0.717) is 35.3 Å². The Bertz CT molecular complexity index is 1160. The Hall–Kier alpha value is -2.64. The minimum Gasteiger partial charge on any atom is -0.432 e. The van der Waals surface area contributed by atoms with Crippen LogP contribution in [0, 0.1) is 17.6 Å². The van der Waals surface area contributed by atoms with Gasteiger partial charge in [-0.05, 0) is 59.9 Å². The van der Waals surface area contributed by atoms with Gasteiger partial charge in [-0.1, -0.05) is 62.6 Å². The lowest BCUT2D eigenvalue weighted by Crippen LogP contribution is -2.32. The Morgan fingerprint density at radius 1 is 0.865 bits per heavy atom. The number of aryl methyl sites for hydroxylation is 3.